The zero-order valence-corrected chi connectivity index (χ0v) is 17.2. The van der Waals surface area contributed by atoms with E-state index in [2.05, 4.69) is 31.3 Å². The molecule has 0 saturated heterocycles. The summed E-state index contributed by atoms with van der Waals surface area (Å²) in [6.45, 7) is 1.59. The van der Waals surface area contributed by atoms with Crippen LogP contribution in [0.3, 0.4) is 0 Å². The average Bonchev–Trinajstić information content (AvgIpc) is 3.50. The molecule has 2 aliphatic rings. The average molecular weight is 420 g/mol. The van der Waals surface area contributed by atoms with Crippen LogP contribution in [0.5, 0.6) is 0 Å². The van der Waals surface area contributed by atoms with Gasteiger partial charge in [0.1, 0.15) is 22.9 Å². The largest absolute Gasteiger partial charge is 0.373 e. The van der Waals surface area contributed by atoms with Crippen LogP contribution >= 0.6 is 0 Å². The maximum absolute atomic E-state index is 13.1. The Morgan fingerprint density at radius 3 is 2.94 bits per heavy atom. The second-order valence-electron chi connectivity index (χ2n) is 7.69. The number of hydrogen-bond donors (Lipinski definition) is 4. The minimum Gasteiger partial charge on any atom is -0.373 e. The Morgan fingerprint density at radius 2 is 2.19 bits per heavy atom. The maximum atomic E-state index is 13.1. The van der Waals surface area contributed by atoms with Crippen LogP contribution in [0.15, 0.2) is 41.5 Å². The van der Waals surface area contributed by atoms with E-state index in [0.717, 1.165) is 38.0 Å². The van der Waals surface area contributed by atoms with E-state index in [9.17, 15) is 9.59 Å². The summed E-state index contributed by atoms with van der Waals surface area (Å²) in [6, 6.07) is 5.54. The Kier molecular flexibility index (Phi) is 4.91. The first-order valence-electron chi connectivity index (χ1n) is 10.4. The number of rotatable bonds is 6. The van der Waals surface area contributed by atoms with Crippen molar-refractivity contribution in [2.45, 2.75) is 25.3 Å². The highest BCUT2D eigenvalue weighted by Crippen LogP contribution is 2.23. The first-order valence-corrected chi connectivity index (χ1v) is 10.4. The molecule has 3 aromatic heterocycles. The van der Waals surface area contributed by atoms with Crippen LogP contribution in [0, 0.1) is 0 Å². The van der Waals surface area contributed by atoms with Gasteiger partial charge in [-0.05, 0) is 25.0 Å². The highest BCUT2D eigenvalue weighted by atomic mass is 16.2. The van der Waals surface area contributed by atoms with Gasteiger partial charge in [-0.2, -0.15) is 9.61 Å². The molecule has 5 rings (SSSR count). The molecule has 4 heterocycles. The lowest BCUT2D eigenvalue weighted by atomic mass is 10.2. The molecule has 10 nitrogen and oxygen atoms in total. The molecule has 4 N–H and O–H groups in total. The first-order chi connectivity index (χ1) is 15.1. The molecule has 160 valence electrons. The molecule has 0 bridgehead atoms. The number of fused-ring (bicyclic) bond motifs is 1. The van der Waals surface area contributed by atoms with Crippen LogP contribution in [0.1, 0.15) is 29.6 Å². The molecule has 0 spiro atoms. The SMILES string of the molecule is CNc1cc(Nc2cccn(C3=CCNCC3)c2=O)nc2c(C(=O)NC3CC3)cnn12. The number of hydrogen-bond acceptors (Lipinski definition) is 7. The number of nitrogens with zero attached hydrogens (tertiary/aromatic N) is 4. The number of aromatic nitrogens is 4. The minimum absolute atomic E-state index is 0.150. The molecule has 1 aliphatic carbocycles. The molecule has 31 heavy (non-hydrogen) atoms. The van der Waals surface area contributed by atoms with Crippen molar-refractivity contribution in [1.82, 2.24) is 29.8 Å². The van der Waals surface area contributed by atoms with Crippen molar-refractivity contribution in [3.05, 3.63) is 52.6 Å². The predicted octanol–water partition coefficient (Wildman–Crippen LogP) is 1.40. The second-order valence-corrected chi connectivity index (χ2v) is 7.69. The lowest BCUT2D eigenvalue weighted by Crippen LogP contribution is -2.27. The van der Waals surface area contributed by atoms with Crippen molar-refractivity contribution < 1.29 is 4.79 Å². The Labute approximate surface area is 178 Å². The molecule has 1 saturated carbocycles. The van der Waals surface area contributed by atoms with Crippen LogP contribution in [0.4, 0.5) is 17.3 Å². The summed E-state index contributed by atoms with van der Waals surface area (Å²) in [5.41, 5.74) is 2.05. The van der Waals surface area contributed by atoms with Gasteiger partial charge >= 0.3 is 0 Å². The summed E-state index contributed by atoms with van der Waals surface area (Å²) in [6.07, 6.45) is 8.10. The third-order valence-corrected chi connectivity index (χ3v) is 5.44. The summed E-state index contributed by atoms with van der Waals surface area (Å²) in [4.78, 5) is 30.2. The van der Waals surface area contributed by atoms with Gasteiger partial charge in [-0.25, -0.2) is 4.98 Å². The van der Waals surface area contributed by atoms with Crippen LogP contribution in [0.2, 0.25) is 0 Å². The topological polar surface area (TPSA) is 117 Å². The number of anilines is 3. The van der Waals surface area contributed by atoms with Gasteiger partial charge in [0, 0.05) is 50.6 Å². The van der Waals surface area contributed by atoms with Crippen molar-refractivity contribution in [1.29, 1.82) is 0 Å². The highest BCUT2D eigenvalue weighted by Gasteiger charge is 2.26. The molecule has 1 aliphatic heterocycles. The molecular weight excluding hydrogens is 396 g/mol. The summed E-state index contributed by atoms with van der Waals surface area (Å²) in [7, 11) is 1.77. The van der Waals surface area contributed by atoms with Crippen LogP contribution in [0.25, 0.3) is 11.3 Å². The van der Waals surface area contributed by atoms with Gasteiger partial charge < -0.3 is 21.3 Å². The molecule has 1 fully saturated rings. The lowest BCUT2D eigenvalue weighted by Gasteiger charge is -2.17. The van der Waals surface area contributed by atoms with Gasteiger partial charge in [-0.3, -0.25) is 14.2 Å². The number of pyridine rings is 1. The Hall–Kier alpha value is -3.66. The second kappa shape index (κ2) is 7.88. The van der Waals surface area contributed by atoms with Crippen molar-refractivity contribution in [2.75, 3.05) is 30.8 Å². The van der Waals surface area contributed by atoms with E-state index in [0.29, 0.717) is 28.5 Å². The van der Waals surface area contributed by atoms with E-state index >= 15 is 0 Å². The van der Waals surface area contributed by atoms with E-state index in [-0.39, 0.29) is 17.5 Å². The van der Waals surface area contributed by atoms with E-state index in [1.165, 1.54) is 6.20 Å². The van der Waals surface area contributed by atoms with E-state index in [1.54, 1.807) is 34.5 Å². The van der Waals surface area contributed by atoms with Gasteiger partial charge in [0.2, 0.25) is 0 Å². The molecule has 0 radical (unpaired) electrons. The van der Waals surface area contributed by atoms with E-state index in [4.69, 9.17) is 0 Å². The molecule has 0 atom stereocenters. The number of carbonyl (C=O) groups is 1. The van der Waals surface area contributed by atoms with Crippen molar-refractivity contribution >= 4 is 34.6 Å². The third-order valence-electron chi connectivity index (χ3n) is 5.44. The number of amides is 1. The van der Waals surface area contributed by atoms with Crippen LogP contribution in [-0.2, 0) is 0 Å². The van der Waals surface area contributed by atoms with Crippen LogP contribution in [-0.4, -0.2) is 51.3 Å². The Bertz CT molecular complexity index is 1240. The highest BCUT2D eigenvalue weighted by molar-refractivity contribution is 6.00. The monoisotopic (exact) mass is 420 g/mol. The van der Waals surface area contributed by atoms with Crippen LogP contribution < -0.4 is 26.8 Å². The smallest absolute Gasteiger partial charge is 0.278 e. The fourth-order valence-electron chi connectivity index (χ4n) is 3.64. The first kappa shape index (κ1) is 19.3. The van der Waals surface area contributed by atoms with Gasteiger partial charge in [0.25, 0.3) is 11.5 Å². The molecular formula is C21H24N8O2. The fraction of sp³-hybridized carbons (Fsp3) is 0.333. The predicted molar refractivity (Wildman–Crippen MR) is 119 cm³/mol. The molecule has 0 unspecified atom stereocenters. The third kappa shape index (κ3) is 3.77. The zero-order valence-electron chi connectivity index (χ0n) is 17.2. The quantitative estimate of drug-likeness (QED) is 0.476. The van der Waals surface area contributed by atoms with E-state index < -0.39 is 0 Å². The van der Waals surface area contributed by atoms with Gasteiger partial charge in [-0.15, -0.1) is 0 Å². The normalized spacial score (nSPS) is 16.1. The van der Waals surface area contributed by atoms with Crippen molar-refractivity contribution in [3.63, 3.8) is 0 Å². The summed E-state index contributed by atoms with van der Waals surface area (Å²) < 4.78 is 3.24. The van der Waals surface area contributed by atoms with Gasteiger partial charge in [0.05, 0.1) is 6.20 Å². The van der Waals surface area contributed by atoms with Gasteiger partial charge in [-0.1, -0.05) is 6.08 Å². The fourth-order valence-corrected chi connectivity index (χ4v) is 3.64. The van der Waals surface area contributed by atoms with Crippen molar-refractivity contribution in [2.24, 2.45) is 0 Å². The number of carbonyl (C=O) groups excluding carboxylic acids is 1. The Morgan fingerprint density at radius 1 is 1.32 bits per heavy atom. The molecule has 3 aromatic rings. The van der Waals surface area contributed by atoms with Crippen molar-refractivity contribution in [3.8, 4) is 0 Å². The van der Waals surface area contributed by atoms with E-state index in [1.807, 2.05) is 12.1 Å². The lowest BCUT2D eigenvalue weighted by molar-refractivity contribution is 0.0952. The number of nitrogens with one attached hydrogen (secondary N) is 4. The standard InChI is InChI=1S/C21H24N8O2/c1-22-18-11-17(27-19-15(12-24-29(18)19)20(30)25-13-4-5-13)26-16-3-2-10-28(21(16)31)14-6-8-23-9-7-14/h2-3,6,10-13,22-23H,4-5,7-9H2,1H3,(H,25,30)(H,26,27). The van der Waals surface area contributed by atoms with Gasteiger partial charge in [0.15, 0.2) is 5.65 Å². The molecule has 10 heteroatoms. The minimum atomic E-state index is -0.191. The maximum Gasteiger partial charge on any atom is 0.278 e. The summed E-state index contributed by atoms with van der Waals surface area (Å²) >= 11 is 0. The zero-order chi connectivity index (χ0) is 21.4. The summed E-state index contributed by atoms with van der Waals surface area (Å²) in [5, 5.41) is 16.7. The molecule has 1 amide bonds. The molecule has 0 aromatic carbocycles. The summed E-state index contributed by atoms with van der Waals surface area (Å²) in [5.74, 6) is 0.909. The Balaban J connectivity index is 1.51.